The predicted octanol–water partition coefficient (Wildman–Crippen LogP) is 1.42. The number of likely N-dealkylation sites (N-methyl/N-ethyl adjacent to an activating group) is 1. The van der Waals surface area contributed by atoms with Crippen molar-refractivity contribution in [3.05, 3.63) is 29.8 Å². The number of hydrogen-bond donors (Lipinski definition) is 2. The van der Waals surface area contributed by atoms with Crippen LogP contribution in [0.4, 0.5) is 5.69 Å². The number of carboxylic acid groups (broad SMARTS) is 1. The molecule has 1 saturated heterocycles. The standard InChI is InChI=1S/C14H18N4O2/c1-2-17-6-5-9(7-17)13-16-12(14(19)20)11-4-3-10(15)8-18(11)13/h3-4,8-9H,2,5-7,15H2,1H3,(H,19,20). The van der Waals surface area contributed by atoms with Crippen LogP contribution in [-0.2, 0) is 0 Å². The molecule has 0 saturated carbocycles. The highest BCUT2D eigenvalue weighted by molar-refractivity contribution is 5.94. The molecule has 1 atom stereocenters. The Kier molecular flexibility index (Phi) is 3.10. The molecule has 2 aromatic rings. The lowest BCUT2D eigenvalue weighted by Crippen LogP contribution is -2.19. The lowest BCUT2D eigenvalue weighted by molar-refractivity contribution is 0.0693. The van der Waals surface area contributed by atoms with Crippen LogP contribution in [0.5, 0.6) is 0 Å². The number of likely N-dealkylation sites (tertiary alicyclic amines) is 1. The Morgan fingerprint density at radius 3 is 3.00 bits per heavy atom. The highest BCUT2D eigenvalue weighted by Crippen LogP contribution is 2.28. The van der Waals surface area contributed by atoms with Gasteiger partial charge in [-0.2, -0.15) is 0 Å². The maximum atomic E-state index is 11.3. The molecule has 1 aliphatic heterocycles. The number of rotatable bonds is 3. The largest absolute Gasteiger partial charge is 0.476 e. The van der Waals surface area contributed by atoms with Crippen LogP contribution in [0.15, 0.2) is 18.3 Å². The first-order valence-electron chi connectivity index (χ1n) is 6.83. The third-order valence-electron chi connectivity index (χ3n) is 3.97. The van der Waals surface area contributed by atoms with Crippen LogP contribution in [0.2, 0.25) is 0 Å². The summed E-state index contributed by atoms with van der Waals surface area (Å²) < 4.78 is 1.84. The molecule has 20 heavy (non-hydrogen) atoms. The van der Waals surface area contributed by atoms with Gasteiger partial charge in [0.05, 0.1) is 5.52 Å². The second-order valence-electron chi connectivity index (χ2n) is 5.22. The number of aromatic carboxylic acids is 1. The van der Waals surface area contributed by atoms with E-state index in [-0.39, 0.29) is 11.6 Å². The van der Waals surface area contributed by atoms with Gasteiger partial charge in [0, 0.05) is 24.3 Å². The summed E-state index contributed by atoms with van der Waals surface area (Å²) in [6.45, 7) is 5.09. The quantitative estimate of drug-likeness (QED) is 0.884. The molecule has 106 valence electrons. The average molecular weight is 274 g/mol. The fraction of sp³-hybridized carbons (Fsp3) is 0.429. The molecule has 3 N–H and O–H groups in total. The van der Waals surface area contributed by atoms with Crippen molar-refractivity contribution < 1.29 is 9.90 Å². The van der Waals surface area contributed by atoms with Gasteiger partial charge >= 0.3 is 5.97 Å². The number of carboxylic acids is 1. The van der Waals surface area contributed by atoms with Crippen LogP contribution in [0.1, 0.15) is 35.6 Å². The molecule has 0 amide bonds. The van der Waals surface area contributed by atoms with Gasteiger partial charge in [-0.25, -0.2) is 9.78 Å². The van der Waals surface area contributed by atoms with Crippen molar-refractivity contribution in [1.82, 2.24) is 14.3 Å². The number of hydrogen-bond acceptors (Lipinski definition) is 4. The van der Waals surface area contributed by atoms with Gasteiger partial charge in [-0.15, -0.1) is 0 Å². The van der Waals surface area contributed by atoms with Crippen molar-refractivity contribution >= 4 is 17.2 Å². The minimum Gasteiger partial charge on any atom is -0.476 e. The molecule has 6 nitrogen and oxygen atoms in total. The summed E-state index contributed by atoms with van der Waals surface area (Å²) in [6.07, 6.45) is 2.76. The normalized spacial score (nSPS) is 19.8. The van der Waals surface area contributed by atoms with E-state index in [0.29, 0.717) is 11.2 Å². The number of nitrogens with two attached hydrogens (primary N) is 1. The minimum atomic E-state index is -0.996. The van der Waals surface area contributed by atoms with E-state index in [9.17, 15) is 9.90 Å². The first-order chi connectivity index (χ1) is 9.60. The Labute approximate surface area is 116 Å². The molecule has 1 fully saturated rings. The molecule has 0 radical (unpaired) electrons. The maximum absolute atomic E-state index is 11.3. The Balaban J connectivity index is 2.10. The van der Waals surface area contributed by atoms with Crippen LogP contribution in [0.25, 0.3) is 5.52 Å². The van der Waals surface area contributed by atoms with Crippen molar-refractivity contribution in [1.29, 1.82) is 0 Å². The average Bonchev–Trinajstić information content (AvgIpc) is 3.01. The number of imidazole rings is 1. The third-order valence-corrected chi connectivity index (χ3v) is 3.97. The van der Waals surface area contributed by atoms with Gasteiger partial charge in [0.25, 0.3) is 0 Å². The molecule has 6 heteroatoms. The highest BCUT2D eigenvalue weighted by atomic mass is 16.4. The molecule has 1 unspecified atom stereocenters. The van der Waals surface area contributed by atoms with Crippen LogP contribution >= 0.6 is 0 Å². The van der Waals surface area contributed by atoms with Crippen molar-refractivity contribution in [2.45, 2.75) is 19.3 Å². The second kappa shape index (κ2) is 4.79. The predicted molar refractivity (Wildman–Crippen MR) is 76.0 cm³/mol. The summed E-state index contributed by atoms with van der Waals surface area (Å²) >= 11 is 0. The van der Waals surface area contributed by atoms with E-state index in [1.54, 1.807) is 18.3 Å². The molecule has 0 aliphatic carbocycles. The van der Waals surface area contributed by atoms with Crippen LogP contribution in [-0.4, -0.2) is 45.0 Å². The number of aromatic nitrogens is 2. The number of anilines is 1. The monoisotopic (exact) mass is 274 g/mol. The van der Waals surface area contributed by atoms with Gasteiger partial charge in [-0.05, 0) is 31.6 Å². The van der Waals surface area contributed by atoms with E-state index >= 15 is 0 Å². The SMILES string of the molecule is CCN1CCC(c2nc(C(=O)O)c3ccc(N)cn23)C1. The Morgan fingerprint density at radius 2 is 2.35 bits per heavy atom. The van der Waals surface area contributed by atoms with E-state index in [2.05, 4.69) is 16.8 Å². The van der Waals surface area contributed by atoms with Crippen LogP contribution in [0.3, 0.4) is 0 Å². The summed E-state index contributed by atoms with van der Waals surface area (Å²) in [7, 11) is 0. The van der Waals surface area contributed by atoms with Gasteiger partial charge < -0.3 is 20.1 Å². The number of nitrogen functional groups attached to an aromatic ring is 1. The van der Waals surface area contributed by atoms with E-state index in [1.165, 1.54) is 0 Å². The fourth-order valence-corrected chi connectivity index (χ4v) is 2.90. The number of carbonyl (C=O) groups is 1. The molecule has 3 heterocycles. The van der Waals surface area contributed by atoms with Gasteiger partial charge in [-0.3, -0.25) is 0 Å². The zero-order valence-electron chi connectivity index (χ0n) is 11.4. The Bertz CT molecular complexity index is 664. The number of pyridine rings is 1. The van der Waals surface area contributed by atoms with Crippen LogP contribution in [0, 0.1) is 0 Å². The second-order valence-corrected chi connectivity index (χ2v) is 5.22. The van der Waals surface area contributed by atoms with Gasteiger partial charge in [0.2, 0.25) is 0 Å². The minimum absolute atomic E-state index is 0.106. The molecule has 1 aliphatic rings. The van der Waals surface area contributed by atoms with E-state index in [0.717, 1.165) is 31.9 Å². The smallest absolute Gasteiger partial charge is 0.356 e. The zero-order chi connectivity index (χ0) is 14.3. The van der Waals surface area contributed by atoms with Gasteiger partial charge in [0.15, 0.2) is 5.69 Å². The fourth-order valence-electron chi connectivity index (χ4n) is 2.90. The molecule has 0 aromatic carbocycles. The molecule has 2 aromatic heterocycles. The van der Waals surface area contributed by atoms with E-state index in [4.69, 9.17) is 5.73 Å². The topological polar surface area (TPSA) is 83.9 Å². The van der Waals surface area contributed by atoms with Crippen molar-refractivity contribution in [3.8, 4) is 0 Å². The van der Waals surface area contributed by atoms with Gasteiger partial charge in [-0.1, -0.05) is 6.92 Å². The number of fused-ring (bicyclic) bond motifs is 1. The van der Waals surface area contributed by atoms with Crippen molar-refractivity contribution in [2.24, 2.45) is 0 Å². The van der Waals surface area contributed by atoms with Crippen LogP contribution < -0.4 is 5.73 Å². The molecular weight excluding hydrogens is 256 g/mol. The molecule has 3 rings (SSSR count). The zero-order valence-corrected chi connectivity index (χ0v) is 11.4. The molecule has 0 spiro atoms. The van der Waals surface area contributed by atoms with E-state index in [1.807, 2.05) is 4.40 Å². The lowest BCUT2D eigenvalue weighted by atomic mass is 10.1. The molecular formula is C14H18N4O2. The lowest BCUT2D eigenvalue weighted by Gasteiger charge is -2.12. The Morgan fingerprint density at radius 1 is 1.55 bits per heavy atom. The van der Waals surface area contributed by atoms with Crippen molar-refractivity contribution in [3.63, 3.8) is 0 Å². The Hall–Kier alpha value is -2.08. The first-order valence-corrected chi connectivity index (χ1v) is 6.83. The summed E-state index contributed by atoms with van der Waals surface area (Å²) in [5.74, 6) is 0.0712. The van der Waals surface area contributed by atoms with Crippen molar-refractivity contribution in [2.75, 3.05) is 25.4 Å². The number of nitrogens with zero attached hydrogens (tertiary/aromatic N) is 3. The highest BCUT2D eigenvalue weighted by Gasteiger charge is 2.28. The maximum Gasteiger partial charge on any atom is 0.356 e. The first kappa shape index (κ1) is 12.9. The van der Waals surface area contributed by atoms with E-state index < -0.39 is 5.97 Å². The summed E-state index contributed by atoms with van der Waals surface area (Å²) in [4.78, 5) is 18.0. The summed E-state index contributed by atoms with van der Waals surface area (Å²) in [6, 6.07) is 3.43. The molecule has 0 bridgehead atoms. The summed E-state index contributed by atoms with van der Waals surface area (Å²) in [5, 5.41) is 9.29. The summed E-state index contributed by atoms with van der Waals surface area (Å²) in [5.41, 5.74) is 7.15. The third kappa shape index (κ3) is 2.02. The van der Waals surface area contributed by atoms with Gasteiger partial charge in [0.1, 0.15) is 5.82 Å².